The van der Waals surface area contributed by atoms with Gasteiger partial charge in [-0.2, -0.15) is 0 Å². The van der Waals surface area contributed by atoms with Crippen LogP contribution in [0.3, 0.4) is 0 Å². The number of carbonyl (C=O) groups is 1. The van der Waals surface area contributed by atoms with Crippen LogP contribution in [0.4, 0.5) is 4.39 Å². The Bertz CT molecular complexity index is 665. The zero-order valence-corrected chi connectivity index (χ0v) is 11.9. The van der Waals surface area contributed by atoms with Gasteiger partial charge in [0.15, 0.2) is 5.78 Å². The molecule has 98 valence electrons. The van der Waals surface area contributed by atoms with E-state index in [2.05, 4.69) is 0 Å². The molecule has 2 aromatic rings. The van der Waals surface area contributed by atoms with Gasteiger partial charge in [0, 0.05) is 11.1 Å². The van der Waals surface area contributed by atoms with Crippen molar-refractivity contribution in [3.05, 3.63) is 68.4 Å². The van der Waals surface area contributed by atoms with E-state index in [1.54, 1.807) is 25.1 Å². The summed E-state index contributed by atoms with van der Waals surface area (Å²) < 4.78 is 13.3. The minimum Gasteiger partial charge on any atom is -0.288 e. The molecule has 0 unspecified atom stereocenters. The highest BCUT2D eigenvalue weighted by atomic mass is 35.5. The summed E-state index contributed by atoms with van der Waals surface area (Å²) in [5.41, 5.74) is 1.95. The van der Waals surface area contributed by atoms with Crippen LogP contribution in [0.1, 0.15) is 27.0 Å². The van der Waals surface area contributed by atoms with E-state index < -0.39 is 5.82 Å². The highest BCUT2D eigenvalue weighted by molar-refractivity contribution is 6.38. The Kier molecular flexibility index (Phi) is 3.93. The van der Waals surface area contributed by atoms with Gasteiger partial charge in [-0.1, -0.05) is 29.3 Å². The lowest BCUT2D eigenvalue weighted by atomic mass is 10.0. The summed E-state index contributed by atoms with van der Waals surface area (Å²) in [6.45, 7) is 3.47. The molecule has 1 nitrogen and oxygen atoms in total. The lowest BCUT2D eigenvalue weighted by molar-refractivity contribution is 0.103. The molecule has 2 aromatic carbocycles. The average molecular weight is 297 g/mol. The van der Waals surface area contributed by atoms with E-state index in [9.17, 15) is 9.18 Å². The molecule has 0 aromatic heterocycles. The summed E-state index contributed by atoms with van der Waals surface area (Å²) >= 11 is 12.0. The second kappa shape index (κ2) is 5.32. The number of halogens is 3. The maximum absolute atomic E-state index is 13.3. The van der Waals surface area contributed by atoms with Crippen LogP contribution >= 0.6 is 23.2 Å². The molecule has 0 aliphatic heterocycles. The van der Waals surface area contributed by atoms with Crippen molar-refractivity contribution in [2.24, 2.45) is 0 Å². The molecule has 0 aliphatic rings. The molecule has 0 fully saturated rings. The van der Waals surface area contributed by atoms with E-state index in [0.717, 1.165) is 11.6 Å². The van der Waals surface area contributed by atoms with Crippen LogP contribution in [0.15, 0.2) is 30.3 Å². The topological polar surface area (TPSA) is 17.1 Å². The minimum atomic E-state index is -0.434. The fraction of sp³-hybridized carbons (Fsp3) is 0.133. The van der Waals surface area contributed by atoms with Gasteiger partial charge in [-0.25, -0.2) is 4.39 Å². The lowest BCUT2D eigenvalue weighted by Gasteiger charge is -2.08. The number of carbonyl (C=O) groups excluding carboxylic acids is 1. The second-order valence-corrected chi connectivity index (χ2v) is 5.21. The summed E-state index contributed by atoms with van der Waals surface area (Å²) in [5, 5.41) is 0.452. The predicted octanol–water partition coefficient (Wildman–Crippen LogP) is 4.98. The van der Waals surface area contributed by atoms with Crippen LogP contribution in [-0.2, 0) is 0 Å². The van der Waals surface area contributed by atoms with E-state index in [1.165, 1.54) is 6.07 Å². The molecular formula is C15H11Cl2FO. The first-order valence-corrected chi connectivity index (χ1v) is 6.42. The summed E-state index contributed by atoms with van der Waals surface area (Å²) in [4.78, 5) is 12.4. The minimum absolute atomic E-state index is 0.0877. The molecule has 0 atom stereocenters. The van der Waals surface area contributed by atoms with Gasteiger partial charge in [0.25, 0.3) is 0 Å². The number of aryl methyl sites for hydroxylation is 2. The number of hydrogen-bond donors (Lipinski definition) is 0. The first-order valence-electron chi connectivity index (χ1n) is 5.66. The van der Waals surface area contributed by atoms with Crippen molar-refractivity contribution in [3.63, 3.8) is 0 Å². The monoisotopic (exact) mass is 296 g/mol. The van der Waals surface area contributed by atoms with E-state index in [4.69, 9.17) is 23.2 Å². The zero-order chi connectivity index (χ0) is 14.2. The molecule has 0 radical (unpaired) electrons. The summed E-state index contributed by atoms with van der Waals surface area (Å²) in [7, 11) is 0. The standard InChI is InChI=1S/C15H11Cl2FO/c1-8-3-4-10(12(16)5-8)15(19)11-6-9(2)14(18)7-13(11)17/h3-7H,1-2H3. The molecule has 0 heterocycles. The normalized spacial score (nSPS) is 10.6. The van der Waals surface area contributed by atoms with Gasteiger partial charge in [-0.3, -0.25) is 4.79 Å². The molecule has 0 amide bonds. The Balaban J connectivity index is 2.53. The highest BCUT2D eigenvalue weighted by Crippen LogP contribution is 2.26. The molecule has 0 saturated heterocycles. The van der Waals surface area contributed by atoms with Crippen molar-refractivity contribution in [1.82, 2.24) is 0 Å². The Hall–Kier alpha value is -1.38. The van der Waals surface area contributed by atoms with Crippen LogP contribution < -0.4 is 0 Å². The van der Waals surface area contributed by atoms with E-state index in [-0.39, 0.29) is 16.4 Å². The Labute approximate surface area is 121 Å². The van der Waals surface area contributed by atoms with Crippen LogP contribution in [0.25, 0.3) is 0 Å². The first-order chi connectivity index (χ1) is 8.90. The SMILES string of the molecule is Cc1ccc(C(=O)c2cc(C)c(F)cc2Cl)c(Cl)c1. The van der Waals surface area contributed by atoms with Crippen LogP contribution in [-0.4, -0.2) is 5.78 Å². The fourth-order valence-electron chi connectivity index (χ4n) is 1.78. The van der Waals surface area contributed by atoms with Crippen LogP contribution in [0.5, 0.6) is 0 Å². The fourth-order valence-corrected chi connectivity index (χ4v) is 2.34. The van der Waals surface area contributed by atoms with Gasteiger partial charge in [0.05, 0.1) is 10.0 Å². The third kappa shape index (κ3) is 2.80. The Morgan fingerprint density at radius 3 is 2.26 bits per heavy atom. The quantitative estimate of drug-likeness (QED) is 0.714. The third-order valence-corrected chi connectivity index (χ3v) is 3.49. The summed E-state index contributed by atoms with van der Waals surface area (Å²) in [6.07, 6.45) is 0. The molecule has 0 N–H and O–H groups in total. The maximum atomic E-state index is 13.3. The van der Waals surface area contributed by atoms with Crippen molar-refractivity contribution in [2.75, 3.05) is 0 Å². The first kappa shape index (κ1) is 14.0. The molecule has 4 heteroatoms. The summed E-state index contributed by atoms with van der Waals surface area (Å²) in [5.74, 6) is -0.741. The second-order valence-electron chi connectivity index (χ2n) is 4.39. The smallest absolute Gasteiger partial charge is 0.196 e. The number of rotatable bonds is 2. The third-order valence-electron chi connectivity index (χ3n) is 2.86. The number of benzene rings is 2. The van der Waals surface area contributed by atoms with Gasteiger partial charge >= 0.3 is 0 Å². The van der Waals surface area contributed by atoms with Crippen molar-refractivity contribution in [2.45, 2.75) is 13.8 Å². The molecule has 0 aliphatic carbocycles. The maximum Gasteiger partial charge on any atom is 0.196 e. The zero-order valence-electron chi connectivity index (χ0n) is 10.4. The van der Waals surface area contributed by atoms with Gasteiger partial charge in [-0.15, -0.1) is 0 Å². The van der Waals surface area contributed by atoms with E-state index in [0.29, 0.717) is 16.1 Å². The Morgan fingerprint density at radius 2 is 1.63 bits per heavy atom. The molecule has 2 rings (SSSR count). The van der Waals surface area contributed by atoms with Crippen molar-refractivity contribution < 1.29 is 9.18 Å². The molecule has 19 heavy (non-hydrogen) atoms. The number of ketones is 1. The largest absolute Gasteiger partial charge is 0.288 e. The van der Waals surface area contributed by atoms with Crippen molar-refractivity contribution in [1.29, 1.82) is 0 Å². The van der Waals surface area contributed by atoms with Gasteiger partial charge in [-0.05, 0) is 49.2 Å². The Morgan fingerprint density at radius 1 is 1.00 bits per heavy atom. The highest BCUT2D eigenvalue weighted by Gasteiger charge is 2.17. The van der Waals surface area contributed by atoms with E-state index >= 15 is 0 Å². The number of hydrogen-bond acceptors (Lipinski definition) is 1. The predicted molar refractivity (Wildman–Crippen MR) is 75.8 cm³/mol. The van der Waals surface area contributed by atoms with Gasteiger partial charge < -0.3 is 0 Å². The van der Waals surface area contributed by atoms with E-state index in [1.807, 2.05) is 6.92 Å². The molecule has 0 bridgehead atoms. The molecule has 0 saturated carbocycles. The lowest BCUT2D eigenvalue weighted by Crippen LogP contribution is -2.04. The average Bonchev–Trinajstić information content (AvgIpc) is 2.33. The summed E-state index contributed by atoms with van der Waals surface area (Å²) in [6, 6.07) is 7.74. The van der Waals surface area contributed by atoms with Gasteiger partial charge in [0.1, 0.15) is 5.82 Å². The van der Waals surface area contributed by atoms with Crippen LogP contribution in [0.2, 0.25) is 10.0 Å². The molecule has 0 spiro atoms. The molecular weight excluding hydrogens is 286 g/mol. The van der Waals surface area contributed by atoms with Crippen molar-refractivity contribution in [3.8, 4) is 0 Å². The van der Waals surface area contributed by atoms with Crippen molar-refractivity contribution >= 4 is 29.0 Å². The van der Waals surface area contributed by atoms with Crippen LogP contribution in [0, 0.1) is 19.7 Å². The van der Waals surface area contributed by atoms with Gasteiger partial charge in [0.2, 0.25) is 0 Å².